The zero-order valence-electron chi connectivity index (χ0n) is 15.7. The monoisotopic (exact) mass is 413 g/mol. The number of allylic oxidation sites excluding steroid dienone is 2. The molecule has 0 fully saturated rings. The van der Waals surface area contributed by atoms with Gasteiger partial charge in [0.2, 0.25) is 5.91 Å². The smallest absolute Gasteiger partial charge is 0.232 e. The number of carbonyl (C=O) groups is 2. The van der Waals surface area contributed by atoms with E-state index in [-0.39, 0.29) is 24.0 Å². The SMILES string of the molecule is CCc1ccc(N2C(=O)CC(c3ccc(Cl)cc3Cl)C3=C2CCCC3=O)cc1. The molecule has 2 aliphatic rings. The predicted octanol–water partition coefficient (Wildman–Crippen LogP) is 6.08. The van der Waals surface area contributed by atoms with E-state index in [2.05, 4.69) is 6.92 Å². The molecule has 0 spiro atoms. The first-order chi connectivity index (χ1) is 13.5. The number of anilines is 1. The van der Waals surface area contributed by atoms with Gasteiger partial charge < -0.3 is 0 Å². The van der Waals surface area contributed by atoms with Gasteiger partial charge in [0.25, 0.3) is 0 Å². The second-order valence-electron chi connectivity index (χ2n) is 7.31. The van der Waals surface area contributed by atoms with Crippen LogP contribution in [0, 0.1) is 0 Å². The highest BCUT2D eigenvalue weighted by Gasteiger charge is 2.40. The summed E-state index contributed by atoms with van der Waals surface area (Å²) in [5.74, 6) is -0.208. The van der Waals surface area contributed by atoms with Gasteiger partial charge in [-0.15, -0.1) is 0 Å². The summed E-state index contributed by atoms with van der Waals surface area (Å²) < 4.78 is 0. The summed E-state index contributed by atoms with van der Waals surface area (Å²) in [6.07, 6.45) is 3.15. The largest absolute Gasteiger partial charge is 0.294 e. The van der Waals surface area contributed by atoms with Gasteiger partial charge in [0.1, 0.15) is 0 Å². The molecule has 2 aromatic carbocycles. The Kier molecular flexibility index (Phi) is 5.31. The van der Waals surface area contributed by atoms with Crippen molar-refractivity contribution in [1.29, 1.82) is 0 Å². The molecule has 28 heavy (non-hydrogen) atoms. The van der Waals surface area contributed by atoms with Crippen molar-refractivity contribution in [2.45, 2.75) is 44.9 Å². The molecule has 1 unspecified atom stereocenters. The third-order valence-electron chi connectivity index (χ3n) is 5.62. The fourth-order valence-corrected chi connectivity index (χ4v) is 4.76. The molecule has 2 aromatic rings. The van der Waals surface area contributed by atoms with E-state index < -0.39 is 0 Å². The molecule has 0 bridgehead atoms. The van der Waals surface area contributed by atoms with Crippen LogP contribution in [0.2, 0.25) is 10.0 Å². The summed E-state index contributed by atoms with van der Waals surface area (Å²) in [7, 11) is 0. The highest BCUT2D eigenvalue weighted by atomic mass is 35.5. The van der Waals surface area contributed by atoms with E-state index in [0.29, 0.717) is 22.9 Å². The summed E-state index contributed by atoms with van der Waals surface area (Å²) in [5, 5.41) is 1.04. The molecule has 0 saturated carbocycles. The molecule has 1 atom stereocenters. The third-order valence-corrected chi connectivity index (χ3v) is 6.18. The molecule has 0 aromatic heterocycles. The fourth-order valence-electron chi connectivity index (χ4n) is 4.22. The third kappa shape index (κ3) is 3.38. The number of halogens is 2. The van der Waals surface area contributed by atoms with Gasteiger partial charge >= 0.3 is 0 Å². The first kappa shape index (κ1) is 19.2. The molecule has 1 heterocycles. The van der Waals surface area contributed by atoms with Crippen molar-refractivity contribution in [3.8, 4) is 0 Å². The fraction of sp³-hybridized carbons (Fsp3) is 0.304. The Labute approximate surface area is 174 Å². The van der Waals surface area contributed by atoms with Gasteiger partial charge in [-0.2, -0.15) is 0 Å². The van der Waals surface area contributed by atoms with Crippen molar-refractivity contribution >= 4 is 40.6 Å². The Balaban J connectivity index is 1.84. The summed E-state index contributed by atoms with van der Waals surface area (Å²) in [6.45, 7) is 2.10. The van der Waals surface area contributed by atoms with Crippen LogP contribution in [0.25, 0.3) is 0 Å². The highest BCUT2D eigenvalue weighted by molar-refractivity contribution is 6.35. The zero-order valence-corrected chi connectivity index (χ0v) is 17.2. The molecule has 1 aliphatic heterocycles. The lowest BCUT2D eigenvalue weighted by Gasteiger charge is -2.38. The zero-order chi connectivity index (χ0) is 19.8. The minimum atomic E-state index is -0.314. The number of nitrogens with zero attached hydrogens (tertiary/aromatic N) is 1. The van der Waals surface area contributed by atoms with Crippen molar-refractivity contribution in [2.24, 2.45) is 0 Å². The summed E-state index contributed by atoms with van der Waals surface area (Å²) in [6, 6.07) is 13.3. The van der Waals surface area contributed by atoms with Crippen molar-refractivity contribution < 1.29 is 9.59 Å². The lowest BCUT2D eigenvalue weighted by atomic mass is 9.77. The van der Waals surface area contributed by atoms with Gasteiger partial charge in [-0.1, -0.05) is 48.3 Å². The number of ketones is 1. The van der Waals surface area contributed by atoms with Crippen LogP contribution in [0.1, 0.15) is 49.7 Å². The quantitative estimate of drug-likeness (QED) is 0.610. The van der Waals surface area contributed by atoms with Crippen LogP contribution in [0.5, 0.6) is 0 Å². The van der Waals surface area contributed by atoms with Crippen LogP contribution in [-0.4, -0.2) is 11.7 Å². The van der Waals surface area contributed by atoms with E-state index in [1.54, 1.807) is 17.0 Å². The maximum atomic E-state index is 13.2. The normalized spacial score (nSPS) is 19.8. The Morgan fingerprint density at radius 3 is 2.46 bits per heavy atom. The van der Waals surface area contributed by atoms with E-state index in [4.69, 9.17) is 23.2 Å². The van der Waals surface area contributed by atoms with Gasteiger partial charge in [-0.3, -0.25) is 14.5 Å². The Morgan fingerprint density at radius 1 is 1.04 bits per heavy atom. The number of benzene rings is 2. The second kappa shape index (κ2) is 7.73. The van der Waals surface area contributed by atoms with Crippen molar-refractivity contribution in [1.82, 2.24) is 0 Å². The molecule has 0 saturated heterocycles. The highest BCUT2D eigenvalue weighted by Crippen LogP contribution is 2.45. The van der Waals surface area contributed by atoms with Gasteiger partial charge in [0, 0.05) is 45.8 Å². The number of amides is 1. The minimum Gasteiger partial charge on any atom is -0.294 e. The number of hydrogen-bond acceptors (Lipinski definition) is 2. The molecule has 0 radical (unpaired) electrons. The summed E-state index contributed by atoms with van der Waals surface area (Å²) >= 11 is 12.5. The van der Waals surface area contributed by atoms with Crippen LogP contribution in [0.3, 0.4) is 0 Å². The molecule has 1 amide bonds. The van der Waals surface area contributed by atoms with E-state index in [0.717, 1.165) is 35.4 Å². The predicted molar refractivity (Wildman–Crippen MR) is 113 cm³/mol. The lowest BCUT2D eigenvalue weighted by Crippen LogP contribution is -2.40. The first-order valence-electron chi connectivity index (χ1n) is 9.62. The maximum Gasteiger partial charge on any atom is 0.232 e. The van der Waals surface area contributed by atoms with E-state index in [9.17, 15) is 9.59 Å². The molecule has 3 nitrogen and oxygen atoms in total. The van der Waals surface area contributed by atoms with Crippen LogP contribution >= 0.6 is 23.2 Å². The van der Waals surface area contributed by atoms with Gasteiger partial charge in [-0.25, -0.2) is 0 Å². The average Bonchev–Trinajstić information content (AvgIpc) is 2.68. The summed E-state index contributed by atoms with van der Waals surface area (Å²) in [5.41, 5.74) is 4.39. The van der Waals surface area contributed by atoms with Crippen molar-refractivity contribution in [3.63, 3.8) is 0 Å². The lowest BCUT2D eigenvalue weighted by molar-refractivity contribution is -0.119. The van der Waals surface area contributed by atoms with Crippen LogP contribution in [0.4, 0.5) is 5.69 Å². The minimum absolute atomic E-state index is 0.00582. The number of carbonyl (C=O) groups excluding carboxylic acids is 2. The summed E-state index contributed by atoms with van der Waals surface area (Å²) in [4.78, 5) is 27.8. The number of rotatable bonds is 3. The van der Waals surface area contributed by atoms with Crippen LogP contribution in [-0.2, 0) is 16.0 Å². The Morgan fingerprint density at radius 2 is 1.79 bits per heavy atom. The molecule has 4 rings (SSSR count). The Hall–Kier alpha value is -2.10. The van der Waals surface area contributed by atoms with Crippen LogP contribution in [0.15, 0.2) is 53.7 Å². The van der Waals surface area contributed by atoms with E-state index in [1.807, 2.05) is 30.3 Å². The molecule has 1 aliphatic carbocycles. The molecule has 5 heteroatoms. The second-order valence-corrected chi connectivity index (χ2v) is 8.15. The first-order valence-corrected chi connectivity index (χ1v) is 10.4. The Bertz CT molecular complexity index is 979. The molecule has 144 valence electrons. The molecular weight excluding hydrogens is 393 g/mol. The van der Waals surface area contributed by atoms with Gasteiger partial charge in [0.15, 0.2) is 5.78 Å². The maximum absolute atomic E-state index is 13.2. The van der Waals surface area contributed by atoms with Gasteiger partial charge in [-0.05, 0) is 54.7 Å². The van der Waals surface area contributed by atoms with Gasteiger partial charge in [0.05, 0.1) is 0 Å². The van der Waals surface area contributed by atoms with Crippen molar-refractivity contribution in [3.05, 3.63) is 74.9 Å². The van der Waals surface area contributed by atoms with Crippen molar-refractivity contribution in [2.75, 3.05) is 4.90 Å². The standard InChI is InChI=1S/C23H21Cl2NO2/c1-2-14-6-9-16(10-7-14)26-20-4-3-5-21(27)23(20)18(13-22(26)28)17-11-8-15(24)12-19(17)25/h6-12,18H,2-5,13H2,1H3. The molecule has 0 N–H and O–H groups in total. The van der Waals surface area contributed by atoms with E-state index in [1.165, 1.54) is 5.56 Å². The number of aryl methyl sites for hydroxylation is 1. The van der Waals surface area contributed by atoms with Crippen LogP contribution < -0.4 is 4.90 Å². The van der Waals surface area contributed by atoms with E-state index >= 15 is 0 Å². The number of hydrogen-bond donors (Lipinski definition) is 0. The average molecular weight is 414 g/mol. The topological polar surface area (TPSA) is 37.4 Å². The number of Topliss-reactive ketones (excluding diaryl/α,β-unsaturated/α-hetero) is 1. The molecular formula is C23H21Cl2NO2.